The van der Waals surface area contributed by atoms with Gasteiger partial charge in [0.1, 0.15) is 11.6 Å². The highest BCUT2D eigenvalue weighted by Gasteiger charge is 2.27. The quantitative estimate of drug-likeness (QED) is 0.702. The predicted octanol–water partition coefficient (Wildman–Crippen LogP) is 4.01. The number of aromatic nitrogens is 1. The number of benzene rings is 2. The highest BCUT2D eigenvalue weighted by Crippen LogP contribution is 2.38. The second-order valence-corrected chi connectivity index (χ2v) is 6.45. The van der Waals surface area contributed by atoms with E-state index in [4.69, 9.17) is 0 Å². The van der Waals surface area contributed by atoms with Crippen molar-refractivity contribution in [2.45, 2.75) is 26.8 Å². The molecule has 0 unspecified atom stereocenters. The molecule has 0 radical (unpaired) electrons. The normalized spacial score (nSPS) is 13.6. The molecule has 24 heavy (non-hydrogen) atoms. The Morgan fingerprint density at radius 1 is 1.12 bits per heavy atom. The Morgan fingerprint density at radius 3 is 2.62 bits per heavy atom. The Balaban J connectivity index is 2.01. The third kappa shape index (κ3) is 2.10. The number of hydrogen-bond donors (Lipinski definition) is 2. The summed E-state index contributed by atoms with van der Waals surface area (Å²) >= 11 is 0. The Kier molecular flexibility index (Phi) is 3.34. The Hall–Kier alpha value is -2.75. The van der Waals surface area contributed by atoms with E-state index in [-0.39, 0.29) is 11.5 Å². The van der Waals surface area contributed by atoms with Crippen molar-refractivity contribution < 1.29 is 9.90 Å². The molecule has 0 saturated heterocycles. The maximum Gasteiger partial charge on any atom is 0.197 e. The molecule has 0 aliphatic carbocycles. The van der Waals surface area contributed by atoms with Crippen LogP contribution in [-0.4, -0.2) is 22.0 Å². The van der Waals surface area contributed by atoms with E-state index in [0.29, 0.717) is 11.1 Å². The van der Waals surface area contributed by atoms with E-state index in [0.717, 1.165) is 47.4 Å². The van der Waals surface area contributed by atoms with Gasteiger partial charge in [-0.15, -0.1) is 0 Å². The predicted molar refractivity (Wildman–Crippen MR) is 96.1 cm³/mol. The molecule has 4 nitrogen and oxygen atoms in total. The van der Waals surface area contributed by atoms with Crippen LogP contribution in [0.4, 0.5) is 5.82 Å². The van der Waals surface area contributed by atoms with Crippen LogP contribution in [0.1, 0.15) is 33.5 Å². The molecule has 2 aromatic carbocycles. The highest BCUT2D eigenvalue weighted by atomic mass is 16.3. The summed E-state index contributed by atoms with van der Waals surface area (Å²) in [6.45, 7) is 5.61. The van der Waals surface area contributed by atoms with E-state index >= 15 is 0 Å². The molecule has 0 bridgehead atoms. The van der Waals surface area contributed by atoms with Gasteiger partial charge in [-0.25, -0.2) is 0 Å². The van der Waals surface area contributed by atoms with Crippen molar-refractivity contribution in [2.75, 3.05) is 11.9 Å². The number of anilines is 1. The van der Waals surface area contributed by atoms with Crippen molar-refractivity contribution in [1.82, 2.24) is 4.57 Å². The summed E-state index contributed by atoms with van der Waals surface area (Å²) in [5.74, 6) is 1.09. The summed E-state index contributed by atoms with van der Waals surface area (Å²) in [5, 5.41) is 14.4. The molecule has 3 aromatic rings. The molecular formula is C20H20N2O2. The summed E-state index contributed by atoms with van der Waals surface area (Å²) in [6.07, 6.45) is 1.02. The van der Waals surface area contributed by atoms with Gasteiger partial charge in [-0.3, -0.25) is 4.79 Å². The number of carbonyl (C=O) groups excluding carboxylic acids is 1. The topological polar surface area (TPSA) is 54.3 Å². The number of hydrogen-bond acceptors (Lipinski definition) is 3. The smallest absolute Gasteiger partial charge is 0.197 e. The van der Waals surface area contributed by atoms with Crippen LogP contribution in [0.3, 0.4) is 0 Å². The average molecular weight is 320 g/mol. The van der Waals surface area contributed by atoms with Crippen LogP contribution in [0, 0.1) is 13.8 Å². The zero-order valence-corrected chi connectivity index (χ0v) is 13.9. The molecule has 0 saturated carbocycles. The number of ketones is 1. The molecular weight excluding hydrogens is 300 g/mol. The van der Waals surface area contributed by atoms with Crippen molar-refractivity contribution in [3.8, 4) is 5.75 Å². The molecule has 1 aliphatic heterocycles. The van der Waals surface area contributed by atoms with E-state index in [1.807, 2.05) is 44.2 Å². The van der Waals surface area contributed by atoms with E-state index in [2.05, 4.69) is 9.88 Å². The fourth-order valence-corrected chi connectivity index (χ4v) is 3.53. The number of aryl methyl sites for hydroxylation is 3. The van der Waals surface area contributed by atoms with Crippen LogP contribution in [0.2, 0.25) is 0 Å². The van der Waals surface area contributed by atoms with Crippen LogP contribution in [0.15, 0.2) is 36.4 Å². The first kappa shape index (κ1) is 14.8. The lowest BCUT2D eigenvalue weighted by Crippen LogP contribution is -2.18. The van der Waals surface area contributed by atoms with Crippen LogP contribution >= 0.6 is 0 Å². The van der Waals surface area contributed by atoms with Gasteiger partial charge in [0, 0.05) is 29.6 Å². The van der Waals surface area contributed by atoms with E-state index in [1.165, 1.54) is 0 Å². The lowest BCUT2D eigenvalue weighted by atomic mass is 9.98. The molecule has 0 spiro atoms. The number of phenolic OH excluding ortho intramolecular Hbond substituents is 1. The van der Waals surface area contributed by atoms with Gasteiger partial charge in [0.05, 0.1) is 11.1 Å². The standard InChI is InChI=1S/C20H20N2O2/c1-12-4-6-14(7-5-12)19(24)18-17-13(2)16(23)9-8-15(17)22-11-3-10-21-20(18)22/h4-9,21,23H,3,10-11H2,1-2H3. The minimum absolute atomic E-state index is 0.00292. The lowest BCUT2D eigenvalue weighted by Gasteiger charge is -2.19. The summed E-state index contributed by atoms with van der Waals surface area (Å²) in [6, 6.07) is 11.3. The molecule has 0 amide bonds. The fourth-order valence-electron chi connectivity index (χ4n) is 3.53. The first-order valence-electron chi connectivity index (χ1n) is 8.28. The zero-order chi connectivity index (χ0) is 16.8. The SMILES string of the molecule is Cc1ccc(C(=O)c2c3n(c4ccc(O)c(C)c24)CCCN3)cc1. The molecule has 0 atom stereocenters. The molecule has 122 valence electrons. The second kappa shape index (κ2) is 5.41. The largest absolute Gasteiger partial charge is 0.508 e. The van der Waals surface area contributed by atoms with Crippen LogP contribution < -0.4 is 5.32 Å². The van der Waals surface area contributed by atoms with Crippen molar-refractivity contribution in [3.05, 3.63) is 58.7 Å². The van der Waals surface area contributed by atoms with Crippen LogP contribution in [0.25, 0.3) is 10.9 Å². The molecule has 0 fully saturated rings. The van der Waals surface area contributed by atoms with E-state index in [9.17, 15) is 9.90 Å². The fraction of sp³-hybridized carbons (Fsp3) is 0.250. The molecule has 1 aromatic heterocycles. The number of nitrogens with zero attached hydrogens (tertiary/aromatic N) is 1. The maximum atomic E-state index is 13.2. The zero-order valence-electron chi connectivity index (χ0n) is 13.9. The molecule has 2 N–H and O–H groups in total. The van der Waals surface area contributed by atoms with Gasteiger partial charge in [0.15, 0.2) is 5.78 Å². The molecule has 1 aliphatic rings. The first-order chi connectivity index (χ1) is 11.6. The van der Waals surface area contributed by atoms with E-state index < -0.39 is 0 Å². The number of phenols is 1. The van der Waals surface area contributed by atoms with Gasteiger partial charge in [0.2, 0.25) is 0 Å². The number of carbonyl (C=O) groups is 1. The van der Waals surface area contributed by atoms with Gasteiger partial charge in [-0.2, -0.15) is 0 Å². The maximum absolute atomic E-state index is 13.2. The average Bonchev–Trinajstić information content (AvgIpc) is 2.93. The minimum Gasteiger partial charge on any atom is -0.508 e. The van der Waals surface area contributed by atoms with Gasteiger partial charge in [-0.05, 0) is 32.4 Å². The monoisotopic (exact) mass is 320 g/mol. The number of fused-ring (bicyclic) bond motifs is 3. The van der Waals surface area contributed by atoms with Crippen molar-refractivity contribution >= 4 is 22.5 Å². The minimum atomic E-state index is -0.00292. The lowest BCUT2D eigenvalue weighted by molar-refractivity contribution is 0.104. The number of nitrogens with one attached hydrogen (secondary N) is 1. The summed E-state index contributed by atoms with van der Waals surface area (Å²) in [4.78, 5) is 13.2. The van der Waals surface area contributed by atoms with Gasteiger partial charge >= 0.3 is 0 Å². The van der Waals surface area contributed by atoms with Gasteiger partial charge < -0.3 is 15.0 Å². The number of rotatable bonds is 2. The van der Waals surface area contributed by atoms with Crippen LogP contribution in [0.5, 0.6) is 5.75 Å². The van der Waals surface area contributed by atoms with Gasteiger partial charge in [0.25, 0.3) is 0 Å². The molecule has 4 heteroatoms. The van der Waals surface area contributed by atoms with Crippen LogP contribution in [-0.2, 0) is 6.54 Å². The highest BCUT2D eigenvalue weighted by molar-refractivity contribution is 6.21. The van der Waals surface area contributed by atoms with Crippen molar-refractivity contribution in [3.63, 3.8) is 0 Å². The van der Waals surface area contributed by atoms with Crippen molar-refractivity contribution in [1.29, 1.82) is 0 Å². The summed E-state index contributed by atoms with van der Waals surface area (Å²) < 4.78 is 2.16. The third-order valence-corrected chi connectivity index (χ3v) is 4.85. The Labute approximate surface area is 140 Å². The molecule has 2 heterocycles. The second-order valence-electron chi connectivity index (χ2n) is 6.45. The Bertz CT molecular complexity index is 952. The number of aromatic hydroxyl groups is 1. The van der Waals surface area contributed by atoms with Crippen molar-refractivity contribution in [2.24, 2.45) is 0 Å². The molecule has 4 rings (SSSR count). The first-order valence-corrected chi connectivity index (χ1v) is 8.28. The Morgan fingerprint density at radius 2 is 1.88 bits per heavy atom. The summed E-state index contributed by atoms with van der Waals surface area (Å²) in [7, 11) is 0. The van der Waals surface area contributed by atoms with Gasteiger partial charge in [-0.1, -0.05) is 29.8 Å². The summed E-state index contributed by atoms with van der Waals surface area (Å²) in [5.41, 5.74) is 4.23. The third-order valence-electron chi connectivity index (χ3n) is 4.85. The van der Waals surface area contributed by atoms with E-state index in [1.54, 1.807) is 6.07 Å².